The molecular formula is C20H26N2O4S. The lowest BCUT2D eigenvalue weighted by Gasteiger charge is -2.29. The fourth-order valence-corrected chi connectivity index (χ4v) is 3.19. The standard InChI is InChI=1S/C20H26N2O4S/c1-4-5-6-7-12-26-15-10-8-14(9-11-15)17-16(18(23)19(24)25-3)13(2)21-20(27)22-17/h8-11,17H,4-7,12H2,1-3H3,(H2,21,22,27)/t17-/m1/s1. The zero-order valence-electron chi connectivity index (χ0n) is 16.0. The Bertz CT molecular complexity index is 728. The molecule has 6 nitrogen and oxygen atoms in total. The smallest absolute Gasteiger partial charge is 0.379 e. The van der Waals surface area contributed by atoms with Crippen molar-refractivity contribution in [2.45, 2.75) is 45.6 Å². The summed E-state index contributed by atoms with van der Waals surface area (Å²) >= 11 is 5.20. The van der Waals surface area contributed by atoms with E-state index in [2.05, 4.69) is 22.3 Å². The molecule has 1 aromatic rings. The Labute approximate surface area is 165 Å². The molecule has 2 rings (SSSR count). The molecule has 1 aliphatic rings. The summed E-state index contributed by atoms with van der Waals surface area (Å²) in [6.45, 7) is 4.57. The number of carbonyl (C=O) groups excluding carboxylic acids is 2. The third kappa shape index (κ3) is 5.53. The maximum absolute atomic E-state index is 12.4. The molecule has 1 heterocycles. The van der Waals surface area contributed by atoms with Gasteiger partial charge in [0.15, 0.2) is 5.11 Å². The fraction of sp³-hybridized carbons (Fsp3) is 0.450. The minimum atomic E-state index is -0.905. The van der Waals surface area contributed by atoms with E-state index in [4.69, 9.17) is 17.0 Å². The number of ketones is 1. The van der Waals surface area contributed by atoms with Gasteiger partial charge < -0.3 is 20.1 Å². The number of rotatable bonds is 9. The van der Waals surface area contributed by atoms with Crippen LogP contribution in [0.5, 0.6) is 5.75 Å². The SMILES string of the molecule is CCCCCCOc1ccc([C@H]2NC(=S)NC(C)=C2C(=O)C(=O)OC)cc1. The zero-order valence-corrected chi connectivity index (χ0v) is 16.8. The third-order valence-electron chi connectivity index (χ3n) is 4.36. The molecule has 0 fully saturated rings. The zero-order chi connectivity index (χ0) is 19.8. The van der Waals surface area contributed by atoms with Gasteiger partial charge in [0.2, 0.25) is 0 Å². The third-order valence-corrected chi connectivity index (χ3v) is 4.58. The molecule has 0 spiro atoms. The maximum Gasteiger partial charge on any atom is 0.379 e. The Morgan fingerprint density at radius 1 is 1.15 bits per heavy atom. The minimum Gasteiger partial charge on any atom is -0.494 e. The minimum absolute atomic E-state index is 0.295. The summed E-state index contributed by atoms with van der Waals surface area (Å²) in [7, 11) is 1.19. The van der Waals surface area contributed by atoms with Crippen molar-refractivity contribution in [1.29, 1.82) is 0 Å². The van der Waals surface area contributed by atoms with Crippen molar-refractivity contribution < 1.29 is 19.1 Å². The summed E-state index contributed by atoms with van der Waals surface area (Å²) in [4.78, 5) is 24.2. The first-order valence-electron chi connectivity index (χ1n) is 9.11. The lowest BCUT2D eigenvalue weighted by Crippen LogP contribution is -2.45. The number of Topliss-reactive ketones (excluding diaryl/α,β-unsaturated/α-hetero) is 1. The molecule has 146 valence electrons. The van der Waals surface area contributed by atoms with Crippen LogP contribution in [0.2, 0.25) is 0 Å². The van der Waals surface area contributed by atoms with E-state index in [0.717, 1.165) is 24.2 Å². The first-order chi connectivity index (χ1) is 13.0. The van der Waals surface area contributed by atoms with E-state index in [1.807, 2.05) is 24.3 Å². The second-order valence-electron chi connectivity index (χ2n) is 6.37. The van der Waals surface area contributed by atoms with Crippen LogP contribution < -0.4 is 15.4 Å². The van der Waals surface area contributed by atoms with Crippen LogP contribution in [0.1, 0.15) is 51.1 Å². The predicted molar refractivity (Wildman–Crippen MR) is 107 cm³/mol. The van der Waals surface area contributed by atoms with Crippen molar-refractivity contribution in [2.75, 3.05) is 13.7 Å². The largest absolute Gasteiger partial charge is 0.494 e. The highest BCUT2D eigenvalue weighted by atomic mass is 32.1. The van der Waals surface area contributed by atoms with Crippen LogP contribution in [-0.4, -0.2) is 30.6 Å². The predicted octanol–water partition coefficient (Wildman–Crippen LogP) is 3.18. The molecule has 0 amide bonds. The highest BCUT2D eigenvalue weighted by Gasteiger charge is 2.33. The number of thiocarbonyl (C=S) groups is 1. The van der Waals surface area contributed by atoms with Gasteiger partial charge in [-0.1, -0.05) is 38.3 Å². The van der Waals surface area contributed by atoms with Gasteiger partial charge in [0.1, 0.15) is 5.75 Å². The molecule has 7 heteroatoms. The van der Waals surface area contributed by atoms with Gasteiger partial charge in [0.25, 0.3) is 5.78 Å². The normalized spacial score (nSPS) is 16.4. The van der Waals surface area contributed by atoms with Crippen molar-refractivity contribution in [2.24, 2.45) is 0 Å². The van der Waals surface area contributed by atoms with E-state index in [1.165, 1.54) is 20.0 Å². The van der Waals surface area contributed by atoms with E-state index in [9.17, 15) is 9.59 Å². The van der Waals surface area contributed by atoms with E-state index in [0.29, 0.717) is 23.0 Å². The Morgan fingerprint density at radius 3 is 2.48 bits per heavy atom. The van der Waals surface area contributed by atoms with E-state index in [-0.39, 0.29) is 0 Å². The first kappa shape index (κ1) is 20.9. The van der Waals surface area contributed by atoms with Gasteiger partial charge in [-0.05, 0) is 43.3 Å². The van der Waals surface area contributed by atoms with Gasteiger partial charge in [-0.15, -0.1) is 0 Å². The quantitative estimate of drug-likeness (QED) is 0.290. The first-order valence-corrected chi connectivity index (χ1v) is 9.52. The number of hydrogen-bond acceptors (Lipinski definition) is 5. The summed E-state index contributed by atoms with van der Waals surface area (Å²) in [5.41, 5.74) is 1.64. The molecule has 27 heavy (non-hydrogen) atoms. The van der Waals surface area contributed by atoms with E-state index >= 15 is 0 Å². The molecule has 1 aliphatic heterocycles. The van der Waals surface area contributed by atoms with Gasteiger partial charge in [-0.25, -0.2) is 4.79 Å². The summed E-state index contributed by atoms with van der Waals surface area (Å²) in [6.07, 6.45) is 4.60. The molecule has 2 N–H and O–H groups in total. The molecular weight excluding hydrogens is 364 g/mol. The monoisotopic (exact) mass is 390 g/mol. The van der Waals surface area contributed by atoms with Crippen molar-refractivity contribution in [3.05, 3.63) is 41.1 Å². The Hall–Kier alpha value is -2.41. The van der Waals surface area contributed by atoms with Gasteiger partial charge in [0.05, 0.1) is 25.3 Å². The van der Waals surface area contributed by atoms with Crippen LogP contribution in [0.25, 0.3) is 0 Å². The Kier molecular flexibility index (Phi) is 7.79. The van der Waals surface area contributed by atoms with E-state index < -0.39 is 17.8 Å². The molecule has 0 aromatic heterocycles. The Morgan fingerprint density at radius 2 is 1.85 bits per heavy atom. The Balaban J connectivity index is 2.14. The molecule has 0 saturated heterocycles. The van der Waals surface area contributed by atoms with Crippen LogP contribution in [-0.2, 0) is 14.3 Å². The van der Waals surface area contributed by atoms with Crippen LogP contribution in [0.15, 0.2) is 35.5 Å². The molecule has 0 radical (unpaired) electrons. The number of allylic oxidation sites excluding steroid dienone is 1. The van der Waals surface area contributed by atoms with E-state index in [1.54, 1.807) is 6.92 Å². The number of methoxy groups -OCH3 is 1. The molecule has 0 aliphatic carbocycles. The maximum atomic E-state index is 12.4. The van der Waals surface area contributed by atoms with Crippen LogP contribution in [0.4, 0.5) is 0 Å². The number of unbranched alkanes of at least 4 members (excludes halogenated alkanes) is 3. The van der Waals surface area contributed by atoms with Gasteiger partial charge in [-0.3, -0.25) is 4.79 Å². The second kappa shape index (κ2) is 10.1. The van der Waals surface area contributed by atoms with Crippen LogP contribution in [0, 0.1) is 0 Å². The number of ether oxygens (including phenoxy) is 2. The number of benzene rings is 1. The van der Waals surface area contributed by atoms with Crippen molar-refractivity contribution in [3.63, 3.8) is 0 Å². The van der Waals surface area contributed by atoms with Crippen LogP contribution in [0.3, 0.4) is 0 Å². The fourth-order valence-electron chi connectivity index (χ4n) is 2.92. The molecule has 1 atom stereocenters. The summed E-state index contributed by atoms with van der Waals surface area (Å²) in [5, 5.41) is 6.34. The number of carbonyl (C=O) groups is 2. The average molecular weight is 391 g/mol. The lowest BCUT2D eigenvalue weighted by molar-refractivity contribution is -0.150. The average Bonchev–Trinajstić information content (AvgIpc) is 2.66. The summed E-state index contributed by atoms with van der Waals surface area (Å²) < 4.78 is 10.3. The summed E-state index contributed by atoms with van der Waals surface area (Å²) in [6, 6.07) is 6.92. The second-order valence-corrected chi connectivity index (χ2v) is 6.78. The van der Waals surface area contributed by atoms with Crippen molar-refractivity contribution in [1.82, 2.24) is 10.6 Å². The van der Waals surface area contributed by atoms with Crippen molar-refractivity contribution >= 4 is 29.1 Å². The number of esters is 1. The molecule has 1 aromatic carbocycles. The number of hydrogen-bond donors (Lipinski definition) is 2. The van der Waals surface area contributed by atoms with Gasteiger partial charge >= 0.3 is 5.97 Å². The topological polar surface area (TPSA) is 76.7 Å². The molecule has 0 bridgehead atoms. The highest BCUT2D eigenvalue weighted by Crippen LogP contribution is 2.29. The number of nitrogens with one attached hydrogen (secondary N) is 2. The highest BCUT2D eigenvalue weighted by molar-refractivity contribution is 7.80. The molecule has 0 saturated carbocycles. The van der Waals surface area contributed by atoms with Gasteiger partial charge in [-0.2, -0.15) is 0 Å². The lowest BCUT2D eigenvalue weighted by atomic mass is 9.92. The summed E-state index contributed by atoms with van der Waals surface area (Å²) in [5.74, 6) is -0.829. The van der Waals surface area contributed by atoms with Crippen molar-refractivity contribution in [3.8, 4) is 5.75 Å². The van der Waals surface area contributed by atoms with Gasteiger partial charge in [0, 0.05) is 5.70 Å². The van der Waals surface area contributed by atoms with Crippen LogP contribution >= 0.6 is 12.2 Å². The molecule has 0 unspecified atom stereocenters.